The molecular weight excluding hydrogens is 255 g/mol. The van der Waals surface area contributed by atoms with Gasteiger partial charge in [0.25, 0.3) is 5.91 Å². The van der Waals surface area contributed by atoms with E-state index in [1.54, 1.807) is 24.1 Å². The lowest BCUT2D eigenvalue weighted by molar-refractivity contribution is 0.0702. The molecular formula is C13H18ClFN2O. The van der Waals surface area contributed by atoms with Crippen LogP contribution in [0, 0.1) is 5.82 Å². The Morgan fingerprint density at radius 1 is 1.39 bits per heavy atom. The van der Waals surface area contributed by atoms with Gasteiger partial charge in [0.2, 0.25) is 0 Å². The molecule has 1 amide bonds. The number of hydrogen-bond donors (Lipinski definition) is 1. The number of piperidine rings is 1. The van der Waals surface area contributed by atoms with E-state index in [1.807, 2.05) is 0 Å². The van der Waals surface area contributed by atoms with Crippen molar-refractivity contribution in [2.24, 2.45) is 0 Å². The van der Waals surface area contributed by atoms with E-state index >= 15 is 0 Å². The van der Waals surface area contributed by atoms with Gasteiger partial charge in [0.05, 0.1) is 0 Å². The minimum atomic E-state index is -0.366. The van der Waals surface area contributed by atoms with E-state index in [2.05, 4.69) is 5.32 Å². The number of rotatable bonds is 2. The van der Waals surface area contributed by atoms with E-state index in [1.165, 1.54) is 12.1 Å². The van der Waals surface area contributed by atoms with Crippen molar-refractivity contribution in [2.45, 2.75) is 18.9 Å². The summed E-state index contributed by atoms with van der Waals surface area (Å²) in [6.07, 6.45) is 1.91. The highest BCUT2D eigenvalue weighted by atomic mass is 35.5. The van der Waals surface area contributed by atoms with E-state index < -0.39 is 0 Å². The molecule has 1 aromatic carbocycles. The zero-order chi connectivity index (χ0) is 12.3. The number of carbonyl (C=O) groups excluding carboxylic acids is 1. The lowest BCUT2D eigenvalue weighted by atomic mass is 10.0. The van der Waals surface area contributed by atoms with Gasteiger partial charge in [0.15, 0.2) is 0 Å². The Labute approximate surface area is 113 Å². The van der Waals surface area contributed by atoms with Gasteiger partial charge in [-0.25, -0.2) is 4.39 Å². The average molecular weight is 273 g/mol. The first-order valence-electron chi connectivity index (χ1n) is 5.92. The number of carbonyl (C=O) groups is 1. The van der Waals surface area contributed by atoms with Crippen molar-refractivity contribution in [3.05, 3.63) is 35.6 Å². The number of benzene rings is 1. The van der Waals surface area contributed by atoms with Crippen LogP contribution in [0.5, 0.6) is 0 Å². The normalized spacial score (nSPS) is 15.9. The van der Waals surface area contributed by atoms with Crippen molar-refractivity contribution >= 4 is 18.3 Å². The molecule has 1 aliphatic heterocycles. The molecule has 0 aromatic heterocycles. The fourth-order valence-electron chi connectivity index (χ4n) is 2.18. The monoisotopic (exact) mass is 272 g/mol. The second kappa shape index (κ2) is 6.71. The SMILES string of the molecule is CN(C(=O)c1cccc(F)c1)C1CCNCC1.Cl. The highest BCUT2D eigenvalue weighted by Gasteiger charge is 2.22. The Hall–Kier alpha value is -1.13. The first kappa shape index (κ1) is 14.9. The average Bonchev–Trinajstić information content (AvgIpc) is 2.38. The topological polar surface area (TPSA) is 32.3 Å². The summed E-state index contributed by atoms with van der Waals surface area (Å²) in [6, 6.07) is 6.12. The van der Waals surface area contributed by atoms with E-state index in [4.69, 9.17) is 0 Å². The van der Waals surface area contributed by atoms with Crippen molar-refractivity contribution in [3.63, 3.8) is 0 Å². The minimum Gasteiger partial charge on any atom is -0.339 e. The third kappa shape index (κ3) is 3.43. The van der Waals surface area contributed by atoms with Gasteiger partial charge in [-0.1, -0.05) is 6.07 Å². The van der Waals surface area contributed by atoms with Crippen LogP contribution in [-0.2, 0) is 0 Å². The molecule has 0 saturated carbocycles. The first-order valence-corrected chi connectivity index (χ1v) is 5.92. The summed E-state index contributed by atoms with van der Waals surface area (Å²) in [6.45, 7) is 1.87. The van der Waals surface area contributed by atoms with Gasteiger partial charge in [-0.2, -0.15) is 0 Å². The summed E-state index contributed by atoms with van der Waals surface area (Å²) < 4.78 is 13.1. The smallest absolute Gasteiger partial charge is 0.253 e. The van der Waals surface area contributed by atoms with Crippen LogP contribution in [0.15, 0.2) is 24.3 Å². The number of nitrogens with one attached hydrogen (secondary N) is 1. The molecule has 0 spiro atoms. The lowest BCUT2D eigenvalue weighted by Crippen LogP contribution is -2.43. The Morgan fingerprint density at radius 3 is 2.67 bits per heavy atom. The van der Waals surface area contributed by atoms with Crippen LogP contribution in [-0.4, -0.2) is 37.0 Å². The summed E-state index contributed by atoms with van der Waals surface area (Å²) in [5.74, 6) is -0.467. The van der Waals surface area contributed by atoms with E-state index in [9.17, 15) is 9.18 Å². The maximum absolute atomic E-state index is 13.1. The molecule has 5 heteroatoms. The Kier molecular flexibility index (Phi) is 5.56. The lowest BCUT2D eigenvalue weighted by Gasteiger charge is -2.31. The van der Waals surface area contributed by atoms with Crippen molar-refractivity contribution in [1.29, 1.82) is 0 Å². The van der Waals surface area contributed by atoms with Crippen LogP contribution in [0.3, 0.4) is 0 Å². The largest absolute Gasteiger partial charge is 0.339 e. The third-order valence-corrected chi connectivity index (χ3v) is 3.25. The van der Waals surface area contributed by atoms with Crippen LogP contribution in [0.4, 0.5) is 4.39 Å². The van der Waals surface area contributed by atoms with Crippen molar-refractivity contribution in [3.8, 4) is 0 Å². The third-order valence-electron chi connectivity index (χ3n) is 3.25. The molecule has 1 aromatic rings. The Balaban J connectivity index is 0.00000162. The quantitative estimate of drug-likeness (QED) is 0.894. The van der Waals surface area contributed by atoms with Gasteiger partial charge in [0, 0.05) is 18.7 Å². The molecule has 0 unspecified atom stereocenters. The molecule has 1 fully saturated rings. The molecule has 0 radical (unpaired) electrons. The van der Waals surface area contributed by atoms with E-state index in [-0.39, 0.29) is 30.2 Å². The Bertz CT molecular complexity index is 408. The molecule has 2 rings (SSSR count). The molecule has 0 bridgehead atoms. The molecule has 1 aliphatic rings. The maximum atomic E-state index is 13.1. The molecule has 0 aliphatic carbocycles. The summed E-state index contributed by atoms with van der Waals surface area (Å²) >= 11 is 0. The second-order valence-corrected chi connectivity index (χ2v) is 4.41. The summed E-state index contributed by atoms with van der Waals surface area (Å²) in [4.78, 5) is 13.9. The highest BCUT2D eigenvalue weighted by Crippen LogP contribution is 2.14. The standard InChI is InChI=1S/C13H17FN2O.ClH/c1-16(12-5-7-15-8-6-12)13(17)10-3-2-4-11(14)9-10;/h2-4,9,12,15H,5-8H2,1H3;1H. The molecule has 1 heterocycles. The zero-order valence-electron chi connectivity index (χ0n) is 10.4. The number of hydrogen-bond acceptors (Lipinski definition) is 2. The molecule has 0 atom stereocenters. The van der Waals surface area contributed by atoms with Gasteiger partial charge >= 0.3 is 0 Å². The van der Waals surface area contributed by atoms with Crippen molar-refractivity contribution in [1.82, 2.24) is 10.2 Å². The van der Waals surface area contributed by atoms with Gasteiger partial charge in [0.1, 0.15) is 5.82 Å². The van der Waals surface area contributed by atoms with Crippen LogP contribution in [0.2, 0.25) is 0 Å². The number of halogens is 2. The van der Waals surface area contributed by atoms with Gasteiger partial charge in [-0.3, -0.25) is 4.79 Å². The molecule has 3 nitrogen and oxygen atoms in total. The minimum absolute atomic E-state index is 0. The molecule has 100 valence electrons. The molecule has 1 saturated heterocycles. The van der Waals surface area contributed by atoms with Crippen LogP contribution in [0.1, 0.15) is 23.2 Å². The van der Waals surface area contributed by atoms with Gasteiger partial charge < -0.3 is 10.2 Å². The summed E-state index contributed by atoms with van der Waals surface area (Å²) in [5.41, 5.74) is 0.422. The van der Waals surface area contributed by atoms with Crippen molar-refractivity contribution in [2.75, 3.05) is 20.1 Å². The van der Waals surface area contributed by atoms with Crippen LogP contribution >= 0.6 is 12.4 Å². The predicted molar refractivity (Wildman–Crippen MR) is 71.6 cm³/mol. The number of nitrogens with zero attached hydrogens (tertiary/aromatic N) is 1. The summed E-state index contributed by atoms with van der Waals surface area (Å²) in [7, 11) is 1.79. The van der Waals surface area contributed by atoms with Gasteiger partial charge in [-0.05, 0) is 44.1 Å². The Morgan fingerprint density at radius 2 is 2.06 bits per heavy atom. The summed E-state index contributed by atoms with van der Waals surface area (Å²) in [5, 5.41) is 3.26. The fraction of sp³-hybridized carbons (Fsp3) is 0.462. The second-order valence-electron chi connectivity index (χ2n) is 4.41. The van der Waals surface area contributed by atoms with Crippen molar-refractivity contribution < 1.29 is 9.18 Å². The van der Waals surface area contributed by atoms with Crippen LogP contribution < -0.4 is 5.32 Å². The maximum Gasteiger partial charge on any atom is 0.253 e. The fourth-order valence-corrected chi connectivity index (χ4v) is 2.18. The molecule has 1 N–H and O–H groups in total. The molecule has 18 heavy (non-hydrogen) atoms. The highest BCUT2D eigenvalue weighted by molar-refractivity contribution is 5.94. The predicted octanol–water partition coefficient (Wildman–Crippen LogP) is 2.07. The van der Waals surface area contributed by atoms with Crippen LogP contribution in [0.25, 0.3) is 0 Å². The van der Waals surface area contributed by atoms with E-state index in [0.717, 1.165) is 25.9 Å². The van der Waals surface area contributed by atoms with E-state index in [0.29, 0.717) is 5.56 Å². The first-order chi connectivity index (χ1) is 8.18. The number of amides is 1. The van der Waals surface area contributed by atoms with Gasteiger partial charge in [-0.15, -0.1) is 12.4 Å². The zero-order valence-corrected chi connectivity index (χ0v) is 11.2.